The molecule has 1 saturated carbocycles. The SMILES string of the molecule is CC1C(=O)CC(=O)C(C)C1=O. The van der Waals surface area contributed by atoms with Crippen LogP contribution in [0.4, 0.5) is 0 Å². The van der Waals surface area contributed by atoms with Gasteiger partial charge in [-0.1, -0.05) is 0 Å². The molecule has 0 aromatic carbocycles. The first-order valence-corrected chi connectivity index (χ1v) is 3.63. The van der Waals surface area contributed by atoms with Crippen molar-refractivity contribution in [2.75, 3.05) is 0 Å². The number of hydrogen-bond donors (Lipinski definition) is 0. The van der Waals surface area contributed by atoms with E-state index in [0.717, 1.165) is 0 Å². The molecule has 0 aromatic heterocycles. The average Bonchev–Trinajstić information content (AvgIpc) is 1.97. The molecule has 11 heavy (non-hydrogen) atoms. The maximum atomic E-state index is 11.1. The molecule has 0 heterocycles. The van der Waals surface area contributed by atoms with Crippen LogP contribution in [0.5, 0.6) is 0 Å². The zero-order valence-corrected chi connectivity index (χ0v) is 6.59. The van der Waals surface area contributed by atoms with Gasteiger partial charge < -0.3 is 0 Å². The predicted octanol–water partition coefficient (Wildman–Crippen LogP) is 0.370. The molecule has 0 bridgehead atoms. The molecule has 0 aromatic rings. The molecule has 2 atom stereocenters. The van der Waals surface area contributed by atoms with E-state index in [-0.39, 0.29) is 23.8 Å². The summed E-state index contributed by atoms with van der Waals surface area (Å²) in [5.41, 5.74) is 0. The van der Waals surface area contributed by atoms with Crippen molar-refractivity contribution in [1.29, 1.82) is 0 Å². The van der Waals surface area contributed by atoms with Crippen LogP contribution in [0.1, 0.15) is 20.3 Å². The Morgan fingerprint density at radius 3 is 1.73 bits per heavy atom. The standard InChI is InChI=1S/C8H10O3/c1-4-6(9)3-7(10)5(2)8(4)11/h4-5H,3H2,1-2H3. The second-order valence-corrected chi connectivity index (χ2v) is 2.96. The minimum atomic E-state index is -0.567. The van der Waals surface area contributed by atoms with E-state index in [2.05, 4.69) is 0 Å². The number of ketones is 3. The normalized spacial score (nSPS) is 32.7. The Kier molecular flexibility index (Phi) is 1.89. The molecular weight excluding hydrogens is 144 g/mol. The Hall–Kier alpha value is -0.990. The highest BCUT2D eigenvalue weighted by Crippen LogP contribution is 2.18. The molecule has 0 amide bonds. The molecule has 1 aliphatic rings. The summed E-state index contributed by atoms with van der Waals surface area (Å²) < 4.78 is 0. The van der Waals surface area contributed by atoms with Gasteiger partial charge in [0.2, 0.25) is 0 Å². The monoisotopic (exact) mass is 154 g/mol. The summed E-state index contributed by atoms with van der Waals surface area (Å²) >= 11 is 0. The smallest absolute Gasteiger partial charge is 0.153 e. The molecule has 3 heteroatoms. The Morgan fingerprint density at radius 1 is 1.00 bits per heavy atom. The fourth-order valence-electron chi connectivity index (χ4n) is 1.17. The van der Waals surface area contributed by atoms with Gasteiger partial charge in [-0.05, 0) is 13.8 Å². The molecule has 0 radical (unpaired) electrons. The summed E-state index contributed by atoms with van der Waals surface area (Å²) in [6, 6.07) is 0. The second-order valence-electron chi connectivity index (χ2n) is 2.96. The molecule has 60 valence electrons. The number of rotatable bonds is 0. The first kappa shape index (κ1) is 8.11. The van der Waals surface area contributed by atoms with Gasteiger partial charge in [0.25, 0.3) is 0 Å². The van der Waals surface area contributed by atoms with Crippen molar-refractivity contribution < 1.29 is 14.4 Å². The van der Waals surface area contributed by atoms with Crippen LogP contribution in [-0.4, -0.2) is 17.3 Å². The fourth-order valence-corrected chi connectivity index (χ4v) is 1.17. The maximum Gasteiger partial charge on any atom is 0.153 e. The van der Waals surface area contributed by atoms with E-state index in [0.29, 0.717) is 0 Å². The predicted molar refractivity (Wildman–Crippen MR) is 38.0 cm³/mol. The number of Topliss-reactive ketones (excluding diaryl/α,β-unsaturated/α-hetero) is 3. The van der Waals surface area contributed by atoms with Crippen molar-refractivity contribution in [2.24, 2.45) is 11.8 Å². The zero-order chi connectivity index (χ0) is 8.59. The largest absolute Gasteiger partial charge is 0.298 e. The van der Waals surface area contributed by atoms with Crippen molar-refractivity contribution in [3.63, 3.8) is 0 Å². The van der Waals surface area contributed by atoms with Gasteiger partial charge in [-0.3, -0.25) is 14.4 Å². The minimum absolute atomic E-state index is 0.0614. The van der Waals surface area contributed by atoms with Gasteiger partial charge in [-0.15, -0.1) is 0 Å². The average molecular weight is 154 g/mol. The van der Waals surface area contributed by atoms with E-state index in [1.807, 2.05) is 0 Å². The van der Waals surface area contributed by atoms with Crippen LogP contribution in [0.25, 0.3) is 0 Å². The lowest BCUT2D eigenvalue weighted by Gasteiger charge is -2.19. The van der Waals surface area contributed by atoms with Crippen LogP contribution in [0, 0.1) is 11.8 Å². The number of carbonyl (C=O) groups is 3. The van der Waals surface area contributed by atoms with Gasteiger partial charge >= 0.3 is 0 Å². The highest BCUT2D eigenvalue weighted by Gasteiger charge is 2.36. The summed E-state index contributed by atoms with van der Waals surface area (Å²) in [6.07, 6.45) is -0.0614. The van der Waals surface area contributed by atoms with Crippen LogP contribution in [-0.2, 0) is 14.4 Å². The molecule has 0 saturated heterocycles. The lowest BCUT2D eigenvalue weighted by atomic mass is 9.80. The summed E-state index contributed by atoms with van der Waals surface area (Å²) in [5, 5.41) is 0. The van der Waals surface area contributed by atoms with Crippen molar-refractivity contribution in [3.05, 3.63) is 0 Å². The Labute approximate surface area is 64.8 Å². The van der Waals surface area contributed by atoms with Gasteiger partial charge in [-0.2, -0.15) is 0 Å². The van der Waals surface area contributed by atoms with Crippen molar-refractivity contribution in [1.82, 2.24) is 0 Å². The van der Waals surface area contributed by atoms with Gasteiger partial charge in [0.05, 0.1) is 18.3 Å². The van der Waals surface area contributed by atoms with Crippen molar-refractivity contribution >= 4 is 17.3 Å². The van der Waals surface area contributed by atoms with E-state index in [1.165, 1.54) is 0 Å². The first-order chi connectivity index (χ1) is 5.04. The highest BCUT2D eigenvalue weighted by molar-refractivity contribution is 6.21. The molecule has 1 fully saturated rings. The zero-order valence-electron chi connectivity index (χ0n) is 6.59. The second kappa shape index (κ2) is 2.57. The summed E-state index contributed by atoms with van der Waals surface area (Å²) in [5.74, 6) is -1.84. The topological polar surface area (TPSA) is 51.2 Å². The summed E-state index contributed by atoms with van der Waals surface area (Å²) in [6.45, 7) is 3.13. The Balaban J connectivity index is 2.87. The first-order valence-electron chi connectivity index (χ1n) is 3.63. The van der Waals surface area contributed by atoms with Crippen LogP contribution >= 0.6 is 0 Å². The quantitative estimate of drug-likeness (QED) is 0.473. The highest BCUT2D eigenvalue weighted by atomic mass is 16.2. The van der Waals surface area contributed by atoms with E-state index in [4.69, 9.17) is 0 Å². The van der Waals surface area contributed by atoms with Crippen LogP contribution in [0.3, 0.4) is 0 Å². The molecule has 0 spiro atoms. The Bertz CT molecular complexity index is 207. The Morgan fingerprint density at radius 2 is 1.36 bits per heavy atom. The van der Waals surface area contributed by atoms with Gasteiger partial charge in [0, 0.05) is 0 Å². The molecule has 1 rings (SSSR count). The van der Waals surface area contributed by atoms with Crippen molar-refractivity contribution in [2.45, 2.75) is 20.3 Å². The third kappa shape index (κ3) is 1.23. The molecule has 3 nitrogen and oxygen atoms in total. The minimum Gasteiger partial charge on any atom is -0.298 e. The van der Waals surface area contributed by atoms with E-state index in [1.54, 1.807) is 13.8 Å². The third-order valence-corrected chi connectivity index (χ3v) is 2.17. The molecule has 1 aliphatic carbocycles. The molecule has 2 unspecified atom stereocenters. The van der Waals surface area contributed by atoms with Crippen LogP contribution in [0.2, 0.25) is 0 Å². The lowest BCUT2D eigenvalue weighted by molar-refractivity contribution is -0.144. The van der Waals surface area contributed by atoms with Crippen LogP contribution in [0.15, 0.2) is 0 Å². The maximum absolute atomic E-state index is 11.1. The summed E-state index contributed by atoms with van der Waals surface area (Å²) in [7, 11) is 0. The fraction of sp³-hybridized carbons (Fsp3) is 0.625. The summed E-state index contributed by atoms with van der Waals surface area (Å²) in [4.78, 5) is 32.9. The number of carbonyl (C=O) groups excluding carboxylic acids is 3. The van der Waals surface area contributed by atoms with E-state index >= 15 is 0 Å². The third-order valence-electron chi connectivity index (χ3n) is 2.17. The van der Waals surface area contributed by atoms with Gasteiger partial charge in [0.1, 0.15) is 11.6 Å². The lowest BCUT2D eigenvalue weighted by Crippen LogP contribution is -2.38. The van der Waals surface area contributed by atoms with Crippen molar-refractivity contribution in [3.8, 4) is 0 Å². The van der Waals surface area contributed by atoms with Gasteiger partial charge in [0.15, 0.2) is 5.78 Å². The van der Waals surface area contributed by atoms with Gasteiger partial charge in [-0.25, -0.2) is 0 Å². The van der Waals surface area contributed by atoms with Crippen LogP contribution < -0.4 is 0 Å². The molecule has 0 aliphatic heterocycles. The van der Waals surface area contributed by atoms with E-state index in [9.17, 15) is 14.4 Å². The van der Waals surface area contributed by atoms with E-state index < -0.39 is 11.8 Å². The molecular formula is C8H10O3. The number of hydrogen-bond acceptors (Lipinski definition) is 3. The molecule has 0 N–H and O–H groups in total.